The number of nitrogens with one attached hydrogen (secondary N) is 1. The van der Waals surface area contributed by atoms with Gasteiger partial charge in [0.15, 0.2) is 0 Å². The highest BCUT2D eigenvalue weighted by atomic mass is 79.9. The molecule has 1 aliphatic carbocycles. The third kappa shape index (κ3) is 3.26. The normalized spacial score (nSPS) is 28.3. The van der Waals surface area contributed by atoms with E-state index < -0.39 is 0 Å². The fourth-order valence-corrected chi connectivity index (χ4v) is 4.31. The van der Waals surface area contributed by atoms with Crippen LogP contribution in [-0.2, 0) is 0 Å². The predicted molar refractivity (Wildman–Crippen MR) is 78.9 cm³/mol. The Labute approximate surface area is 121 Å². The maximum Gasteiger partial charge on any atom is 0.110 e. The number of hydrogen-bond acceptors (Lipinski definition) is 4. The third-order valence-electron chi connectivity index (χ3n) is 3.64. The van der Waals surface area contributed by atoms with E-state index in [1.54, 1.807) is 0 Å². The first kappa shape index (κ1) is 14.3. The third-order valence-corrected chi connectivity index (χ3v) is 5.82. The molecule has 5 heteroatoms. The van der Waals surface area contributed by atoms with E-state index in [0.29, 0.717) is 5.25 Å². The summed E-state index contributed by atoms with van der Waals surface area (Å²) in [6, 6.07) is 3.95. The monoisotopic (exact) mass is 330 g/mol. The largest absolute Gasteiger partial charge is 0.394 e. The molecule has 0 saturated heterocycles. The van der Waals surface area contributed by atoms with Crippen molar-refractivity contribution < 1.29 is 5.11 Å². The molecule has 1 aromatic rings. The van der Waals surface area contributed by atoms with Gasteiger partial charge in [-0.05, 0) is 54.4 Å². The number of likely N-dealkylation sites (N-methyl/N-ethyl adjacent to an activating group) is 1. The topological polar surface area (TPSA) is 45.1 Å². The van der Waals surface area contributed by atoms with Gasteiger partial charge in [0, 0.05) is 21.5 Å². The van der Waals surface area contributed by atoms with Crippen LogP contribution in [0.2, 0.25) is 0 Å². The lowest BCUT2D eigenvalue weighted by molar-refractivity contribution is 0.131. The van der Waals surface area contributed by atoms with Gasteiger partial charge < -0.3 is 10.4 Å². The van der Waals surface area contributed by atoms with Crippen molar-refractivity contribution in [2.75, 3.05) is 13.7 Å². The average molecular weight is 331 g/mol. The number of aliphatic hydroxyl groups is 1. The first-order valence-electron chi connectivity index (χ1n) is 6.26. The van der Waals surface area contributed by atoms with Crippen molar-refractivity contribution in [1.29, 1.82) is 0 Å². The second-order valence-corrected chi connectivity index (χ2v) is 6.96. The fraction of sp³-hybridized carbons (Fsp3) is 0.615. The minimum atomic E-state index is -0.100. The van der Waals surface area contributed by atoms with Crippen molar-refractivity contribution in [3.8, 4) is 0 Å². The Morgan fingerprint density at radius 2 is 2.50 bits per heavy atom. The highest BCUT2D eigenvalue weighted by Gasteiger charge is 2.35. The van der Waals surface area contributed by atoms with Gasteiger partial charge in [-0.2, -0.15) is 0 Å². The summed E-state index contributed by atoms with van der Waals surface area (Å²) in [4.78, 5) is 4.40. The summed E-state index contributed by atoms with van der Waals surface area (Å²) < 4.78 is 1.06. The van der Waals surface area contributed by atoms with E-state index in [0.717, 1.165) is 28.8 Å². The van der Waals surface area contributed by atoms with Gasteiger partial charge in [-0.15, -0.1) is 11.8 Å². The molecule has 1 aliphatic rings. The first-order chi connectivity index (χ1) is 8.69. The van der Waals surface area contributed by atoms with Gasteiger partial charge in [-0.1, -0.05) is 6.42 Å². The number of aromatic nitrogens is 1. The molecule has 0 bridgehead atoms. The molecular formula is C13H19BrN2OS. The van der Waals surface area contributed by atoms with E-state index >= 15 is 0 Å². The lowest BCUT2D eigenvalue weighted by atomic mass is 9.82. The molecule has 2 atom stereocenters. The SMILES string of the molecule is CNC1(CO)CCCC(Sc2ncccc2Br)C1. The van der Waals surface area contributed by atoms with Crippen molar-refractivity contribution in [3.63, 3.8) is 0 Å². The number of thioether (sulfide) groups is 1. The lowest BCUT2D eigenvalue weighted by Crippen LogP contribution is -2.50. The molecule has 2 N–H and O–H groups in total. The van der Waals surface area contributed by atoms with Crippen LogP contribution in [0.5, 0.6) is 0 Å². The van der Waals surface area contributed by atoms with Gasteiger partial charge in [0.1, 0.15) is 5.03 Å². The van der Waals surface area contributed by atoms with Crippen LogP contribution in [0.25, 0.3) is 0 Å². The number of hydrogen-bond donors (Lipinski definition) is 2. The highest BCUT2D eigenvalue weighted by Crippen LogP contribution is 2.39. The summed E-state index contributed by atoms with van der Waals surface area (Å²) in [6.07, 6.45) is 6.22. The standard InChI is InChI=1S/C13H19BrN2OS/c1-15-13(9-17)6-2-4-10(8-13)18-12-11(14)5-3-7-16-12/h3,5,7,10,15,17H,2,4,6,8-9H2,1H3. The Bertz CT molecular complexity index is 398. The molecule has 2 unspecified atom stereocenters. The van der Waals surface area contributed by atoms with Crippen LogP contribution in [-0.4, -0.2) is 34.5 Å². The van der Waals surface area contributed by atoms with E-state index in [1.807, 2.05) is 37.1 Å². The molecule has 18 heavy (non-hydrogen) atoms. The molecule has 1 fully saturated rings. The smallest absolute Gasteiger partial charge is 0.110 e. The Kier molecular flexibility index (Phi) is 5.06. The van der Waals surface area contributed by atoms with Crippen molar-refractivity contribution in [3.05, 3.63) is 22.8 Å². The molecule has 0 aliphatic heterocycles. The molecule has 3 nitrogen and oxygen atoms in total. The maximum atomic E-state index is 9.58. The molecule has 1 saturated carbocycles. The predicted octanol–water partition coefficient (Wildman–Crippen LogP) is 2.83. The van der Waals surface area contributed by atoms with Crippen molar-refractivity contribution in [1.82, 2.24) is 10.3 Å². The van der Waals surface area contributed by atoms with Gasteiger partial charge in [-0.3, -0.25) is 0 Å². The van der Waals surface area contributed by atoms with Crippen LogP contribution in [0.4, 0.5) is 0 Å². The van der Waals surface area contributed by atoms with Crippen molar-refractivity contribution in [2.45, 2.75) is 41.5 Å². The van der Waals surface area contributed by atoms with Crippen LogP contribution in [0.3, 0.4) is 0 Å². The quantitative estimate of drug-likeness (QED) is 0.891. The van der Waals surface area contributed by atoms with E-state index in [-0.39, 0.29) is 12.1 Å². The molecule has 0 spiro atoms. The van der Waals surface area contributed by atoms with Crippen molar-refractivity contribution in [2.24, 2.45) is 0 Å². The number of nitrogens with zero attached hydrogens (tertiary/aromatic N) is 1. The summed E-state index contributed by atoms with van der Waals surface area (Å²) in [5.74, 6) is 0. The first-order valence-corrected chi connectivity index (χ1v) is 7.93. The number of aliphatic hydroxyl groups excluding tert-OH is 1. The Morgan fingerprint density at radius 1 is 1.67 bits per heavy atom. The van der Waals surface area contributed by atoms with Gasteiger partial charge in [-0.25, -0.2) is 4.98 Å². The van der Waals surface area contributed by atoms with E-state index in [2.05, 4.69) is 26.2 Å². The molecule has 100 valence electrons. The van der Waals surface area contributed by atoms with Crippen molar-refractivity contribution >= 4 is 27.7 Å². The lowest BCUT2D eigenvalue weighted by Gasteiger charge is -2.39. The zero-order valence-electron chi connectivity index (χ0n) is 10.5. The molecule has 1 heterocycles. The van der Waals surface area contributed by atoms with Crippen LogP contribution in [0.1, 0.15) is 25.7 Å². The summed E-state index contributed by atoms with van der Waals surface area (Å²) in [5, 5.41) is 14.5. The molecule has 1 aromatic heterocycles. The second kappa shape index (κ2) is 6.37. The van der Waals surface area contributed by atoms with E-state index in [4.69, 9.17) is 0 Å². The summed E-state index contributed by atoms with van der Waals surface area (Å²) in [6.45, 7) is 0.212. The molecular weight excluding hydrogens is 312 g/mol. The maximum absolute atomic E-state index is 9.58. The zero-order valence-corrected chi connectivity index (χ0v) is 12.9. The van der Waals surface area contributed by atoms with Gasteiger partial charge in [0.25, 0.3) is 0 Å². The van der Waals surface area contributed by atoms with Crippen LogP contribution in [0.15, 0.2) is 27.8 Å². The fourth-order valence-electron chi connectivity index (χ4n) is 2.47. The van der Waals surface area contributed by atoms with Gasteiger partial charge >= 0.3 is 0 Å². The summed E-state index contributed by atoms with van der Waals surface area (Å²) >= 11 is 5.35. The van der Waals surface area contributed by atoms with Crippen LogP contribution >= 0.6 is 27.7 Å². The van der Waals surface area contributed by atoms with Crippen LogP contribution in [0, 0.1) is 0 Å². The number of halogens is 1. The molecule has 0 amide bonds. The second-order valence-electron chi connectivity index (χ2n) is 4.82. The van der Waals surface area contributed by atoms with Gasteiger partial charge in [0.05, 0.1) is 6.61 Å². The zero-order chi connectivity index (χ0) is 13.0. The van der Waals surface area contributed by atoms with Crippen LogP contribution < -0.4 is 5.32 Å². The summed E-state index contributed by atoms with van der Waals surface area (Å²) in [7, 11) is 1.94. The Morgan fingerprint density at radius 3 is 3.17 bits per heavy atom. The molecule has 0 aromatic carbocycles. The average Bonchev–Trinajstić information content (AvgIpc) is 2.41. The Hall–Kier alpha value is -0.100. The number of rotatable bonds is 4. The minimum absolute atomic E-state index is 0.100. The van der Waals surface area contributed by atoms with Gasteiger partial charge in [0.2, 0.25) is 0 Å². The Balaban J connectivity index is 2.04. The minimum Gasteiger partial charge on any atom is -0.394 e. The highest BCUT2D eigenvalue weighted by molar-refractivity contribution is 9.10. The molecule has 2 rings (SSSR count). The summed E-state index contributed by atoms with van der Waals surface area (Å²) in [5.41, 5.74) is -0.100. The van der Waals surface area contributed by atoms with E-state index in [1.165, 1.54) is 6.42 Å². The number of pyridine rings is 1. The molecule has 0 radical (unpaired) electrons. The van der Waals surface area contributed by atoms with E-state index in [9.17, 15) is 5.11 Å².